The van der Waals surface area contributed by atoms with Crippen molar-refractivity contribution in [2.45, 2.75) is 33.0 Å². The lowest BCUT2D eigenvalue weighted by atomic mass is 10.1. The van der Waals surface area contributed by atoms with Crippen LogP contribution in [0.15, 0.2) is 18.2 Å². The molecule has 0 aliphatic carbocycles. The second-order valence-corrected chi connectivity index (χ2v) is 4.93. The highest BCUT2D eigenvalue weighted by atomic mass is 19.1. The second kappa shape index (κ2) is 5.06. The minimum absolute atomic E-state index is 0.0402. The monoisotopic (exact) mass is 251 g/mol. The highest BCUT2D eigenvalue weighted by molar-refractivity contribution is 5.95. The van der Waals surface area contributed by atoms with Gasteiger partial charge >= 0.3 is 0 Å². The van der Waals surface area contributed by atoms with Crippen LogP contribution in [0.5, 0.6) is 0 Å². The predicted molar refractivity (Wildman–Crippen MR) is 67.0 cm³/mol. The first-order chi connectivity index (χ1) is 8.47. The second-order valence-electron chi connectivity index (χ2n) is 4.93. The van der Waals surface area contributed by atoms with Crippen molar-refractivity contribution in [1.29, 1.82) is 0 Å². The molecule has 1 aromatic carbocycles. The largest absolute Gasteiger partial charge is 0.372 e. The van der Waals surface area contributed by atoms with Crippen molar-refractivity contribution in [1.82, 2.24) is 4.90 Å². The zero-order valence-corrected chi connectivity index (χ0v) is 10.9. The lowest BCUT2D eigenvalue weighted by Gasteiger charge is -2.35. The van der Waals surface area contributed by atoms with Gasteiger partial charge in [0.15, 0.2) is 0 Å². The molecular weight excluding hydrogens is 233 g/mol. The molecule has 1 aromatic rings. The molecule has 18 heavy (non-hydrogen) atoms. The molecule has 98 valence electrons. The van der Waals surface area contributed by atoms with Gasteiger partial charge in [-0.15, -0.1) is 0 Å². The normalized spacial score (nSPS) is 24.1. The van der Waals surface area contributed by atoms with Gasteiger partial charge in [-0.05, 0) is 44.5 Å². The molecule has 2 atom stereocenters. The van der Waals surface area contributed by atoms with Crippen molar-refractivity contribution >= 4 is 5.91 Å². The van der Waals surface area contributed by atoms with Crippen LogP contribution in [0.25, 0.3) is 0 Å². The first-order valence-corrected chi connectivity index (χ1v) is 6.18. The molecule has 4 heteroatoms. The maximum Gasteiger partial charge on any atom is 0.254 e. The molecule has 1 heterocycles. The summed E-state index contributed by atoms with van der Waals surface area (Å²) in [7, 11) is 0. The minimum atomic E-state index is -0.312. The van der Waals surface area contributed by atoms with Crippen LogP contribution in [0, 0.1) is 12.7 Å². The van der Waals surface area contributed by atoms with Gasteiger partial charge in [0.2, 0.25) is 0 Å². The summed E-state index contributed by atoms with van der Waals surface area (Å²) in [5, 5.41) is 0. The molecule has 0 radical (unpaired) electrons. The standard InChI is InChI=1S/C14H18FNO2/c1-9-6-12(15)4-5-13(9)14(17)16-7-10(2)18-11(3)8-16/h4-6,10-11H,7-8H2,1-3H3/t10-,11+. The third-order valence-corrected chi connectivity index (χ3v) is 3.13. The smallest absolute Gasteiger partial charge is 0.254 e. The van der Waals surface area contributed by atoms with E-state index in [1.54, 1.807) is 17.9 Å². The Morgan fingerprint density at radius 2 is 1.94 bits per heavy atom. The zero-order chi connectivity index (χ0) is 13.3. The van der Waals surface area contributed by atoms with Crippen LogP contribution < -0.4 is 0 Å². The molecule has 0 saturated carbocycles. The SMILES string of the molecule is Cc1cc(F)ccc1C(=O)N1C[C@@H](C)O[C@@H](C)C1. The van der Waals surface area contributed by atoms with Crippen LogP contribution in [0.4, 0.5) is 4.39 Å². The van der Waals surface area contributed by atoms with Gasteiger partial charge < -0.3 is 9.64 Å². The summed E-state index contributed by atoms with van der Waals surface area (Å²) in [4.78, 5) is 14.1. The van der Waals surface area contributed by atoms with Gasteiger partial charge in [0.05, 0.1) is 12.2 Å². The van der Waals surface area contributed by atoms with Crippen LogP contribution in [0.2, 0.25) is 0 Å². The number of carbonyl (C=O) groups excluding carboxylic acids is 1. The molecule has 1 saturated heterocycles. The highest BCUT2D eigenvalue weighted by Crippen LogP contribution is 2.17. The van der Waals surface area contributed by atoms with E-state index in [1.165, 1.54) is 12.1 Å². The lowest BCUT2D eigenvalue weighted by Crippen LogP contribution is -2.48. The van der Waals surface area contributed by atoms with E-state index in [0.717, 1.165) is 0 Å². The number of amides is 1. The third kappa shape index (κ3) is 2.70. The zero-order valence-electron chi connectivity index (χ0n) is 10.9. The Bertz CT molecular complexity index is 451. The first-order valence-electron chi connectivity index (χ1n) is 6.18. The highest BCUT2D eigenvalue weighted by Gasteiger charge is 2.27. The fraction of sp³-hybridized carbons (Fsp3) is 0.500. The van der Waals surface area contributed by atoms with Crippen molar-refractivity contribution in [2.24, 2.45) is 0 Å². The van der Waals surface area contributed by atoms with Crippen molar-refractivity contribution < 1.29 is 13.9 Å². The predicted octanol–water partition coefficient (Wildman–Crippen LogP) is 2.38. The van der Waals surface area contributed by atoms with Crippen molar-refractivity contribution in [2.75, 3.05) is 13.1 Å². The number of benzene rings is 1. The number of ether oxygens (including phenoxy) is 1. The van der Waals surface area contributed by atoms with E-state index in [2.05, 4.69) is 0 Å². The molecule has 3 nitrogen and oxygen atoms in total. The van der Waals surface area contributed by atoms with E-state index in [0.29, 0.717) is 24.2 Å². The Hall–Kier alpha value is -1.42. The van der Waals surface area contributed by atoms with Crippen LogP contribution >= 0.6 is 0 Å². The van der Waals surface area contributed by atoms with E-state index >= 15 is 0 Å². The number of aryl methyl sites for hydroxylation is 1. The van der Waals surface area contributed by atoms with Gasteiger partial charge in [0.1, 0.15) is 5.82 Å². The van der Waals surface area contributed by atoms with E-state index in [9.17, 15) is 9.18 Å². The molecule has 1 fully saturated rings. The molecule has 0 bridgehead atoms. The molecule has 0 unspecified atom stereocenters. The van der Waals surface area contributed by atoms with Crippen LogP contribution in [-0.4, -0.2) is 36.1 Å². The Kier molecular flexibility index (Phi) is 3.66. The minimum Gasteiger partial charge on any atom is -0.372 e. The van der Waals surface area contributed by atoms with E-state index in [1.807, 2.05) is 13.8 Å². The number of hydrogen-bond donors (Lipinski definition) is 0. The average molecular weight is 251 g/mol. The first kappa shape index (κ1) is 13.0. The molecular formula is C14H18FNO2. The molecule has 1 aliphatic heterocycles. The Morgan fingerprint density at radius 3 is 2.50 bits per heavy atom. The van der Waals surface area contributed by atoms with Crippen molar-refractivity contribution in [3.63, 3.8) is 0 Å². The fourth-order valence-electron chi connectivity index (χ4n) is 2.38. The number of hydrogen-bond acceptors (Lipinski definition) is 2. The number of rotatable bonds is 1. The Labute approximate surface area is 107 Å². The molecule has 0 N–H and O–H groups in total. The summed E-state index contributed by atoms with van der Waals surface area (Å²) >= 11 is 0. The average Bonchev–Trinajstić information content (AvgIpc) is 2.26. The fourth-order valence-corrected chi connectivity index (χ4v) is 2.38. The summed E-state index contributed by atoms with van der Waals surface area (Å²) in [6.45, 7) is 6.82. The molecule has 1 aliphatic rings. The quantitative estimate of drug-likeness (QED) is 0.767. The molecule has 0 aromatic heterocycles. The van der Waals surface area contributed by atoms with Gasteiger partial charge in [0.25, 0.3) is 5.91 Å². The maximum absolute atomic E-state index is 13.0. The molecule has 1 amide bonds. The van der Waals surface area contributed by atoms with Crippen LogP contribution in [0.1, 0.15) is 29.8 Å². The summed E-state index contributed by atoms with van der Waals surface area (Å²) in [6.07, 6.45) is 0.0805. The van der Waals surface area contributed by atoms with Crippen molar-refractivity contribution in [3.8, 4) is 0 Å². The van der Waals surface area contributed by atoms with Crippen LogP contribution in [-0.2, 0) is 4.74 Å². The summed E-state index contributed by atoms with van der Waals surface area (Å²) in [5.41, 5.74) is 1.24. The summed E-state index contributed by atoms with van der Waals surface area (Å²) < 4.78 is 18.6. The molecule has 2 rings (SSSR count). The lowest BCUT2D eigenvalue weighted by molar-refractivity contribution is -0.0586. The Balaban J connectivity index is 2.20. The van der Waals surface area contributed by atoms with E-state index in [4.69, 9.17) is 4.74 Å². The summed E-state index contributed by atoms with van der Waals surface area (Å²) in [5.74, 6) is -0.359. The van der Waals surface area contributed by atoms with Crippen LogP contribution in [0.3, 0.4) is 0 Å². The number of halogens is 1. The number of carbonyl (C=O) groups is 1. The Morgan fingerprint density at radius 1 is 1.33 bits per heavy atom. The summed E-state index contributed by atoms with van der Waals surface area (Å²) in [6, 6.07) is 4.27. The third-order valence-electron chi connectivity index (χ3n) is 3.13. The topological polar surface area (TPSA) is 29.5 Å². The number of morpholine rings is 1. The number of nitrogens with zero attached hydrogens (tertiary/aromatic N) is 1. The van der Waals surface area contributed by atoms with Gasteiger partial charge in [-0.3, -0.25) is 4.79 Å². The van der Waals surface area contributed by atoms with Gasteiger partial charge in [-0.25, -0.2) is 4.39 Å². The van der Waals surface area contributed by atoms with E-state index in [-0.39, 0.29) is 23.9 Å². The van der Waals surface area contributed by atoms with E-state index < -0.39 is 0 Å². The van der Waals surface area contributed by atoms with Gasteiger partial charge in [0, 0.05) is 18.7 Å². The van der Waals surface area contributed by atoms with Gasteiger partial charge in [-0.1, -0.05) is 0 Å². The maximum atomic E-state index is 13.0. The van der Waals surface area contributed by atoms with Crippen molar-refractivity contribution in [3.05, 3.63) is 35.1 Å². The molecule has 0 spiro atoms. The van der Waals surface area contributed by atoms with Gasteiger partial charge in [-0.2, -0.15) is 0 Å².